The average Bonchev–Trinajstić information content (AvgIpc) is 2.91. The molecule has 4 nitrogen and oxygen atoms in total. The summed E-state index contributed by atoms with van der Waals surface area (Å²) in [6.07, 6.45) is -2.44. The van der Waals surface area contributed by atoms with E-state index in [-0.39, 0.29) is 11.3 Å². The molecule has 1 amide bonds. The minimum atomic E-state index is -4.51. The van der Waals surface area contributed by atoms with Crippen LogP contribution in [0.3, 0.4) is 0 Å². The Morgan fingerprint density at radius 3 is 2.69 bits per heavy atom. The number of carbonyl (C=O) groups excluding carboxylic acids is 1. The van der Waals surface area contributed by atoms with Gasteiger partial charge in [-0.05, 0) is 36.8 Å². The van der Waals surface area contributed by atoms with Crippen LogP contribution in [-0.4, -0.2) is 15.3 Å². The smallest absolute Gasteiger partial charge is 0.321 e. The van der Waals surface area contributed by atoms with Crippen LogP contribution in [0.15, 0.2) is 42.6 Å². The lowest BCUT2D eigenvalue weighted by molar-refractivity contribution is -0.137. The van der Waals surface area contributed by atoms with E-state index in [9.17, 15) is 18.0 Å². The molecule has 0 saturated heterocycles. The number of amides is 1. The van der Waals surface area contributed by atoms with Crippen molar-refractivity contribution in [1.82, 2.24) is 9.38 Å². The summed E-state index contributed by atoms with van der Waals surface area (Å²) in [6, 6.07) is 8.75. The van der Waals surface area contributed by atoms with Crippen LogP contribution in [0.2, 0.25) is 5.02 Å². The van der Waals surface area contributed by atoms with E-state index in [0.29, 0.717) is 29.2 Å². The van der Waals surface area contributed by atoms with E-state index in [1.165, 1.54) is 10.5 Å². The monoisotopic (exact) mass is 381 g/mol. The number of nitrogens with one attached hydrogen (secondary N) is 1. The van der Waals surface area contributed by atoms with Gasteiger partial charge in [0.2, 0.25) is 0 Å². The summed E-state index contributed by atoms with van der Waals surface area (Å²) in [4.78, 5) is 17.1. The summed E-state index contributed by atoms with van der Waals surface area (Å²) in [6.45, 7) is 1.91. The molecule has 136 valence electrons. The number of anilines is 1. The van der Waals surface area contributed by atoms with Crippen molar-refractivity contribution >= 4 is 28.8 Å². The van der Waals surface area contributed by atoms with Crippen LogP contribution < -0.4 is 5.32 Å². The maximum Gasteiger partial charge on any atom is 0.417 e. The number of rotatable bonds is 4. The van der Waals surface area contributed by atoms with E-state index in [2.05, 4.69) is 10.3 Å². The van der Waals surface area contributed by atoms with Gasteiger partial charge in [0.1, 0.15) is 11.3 Å². The second-order valence-electron chi connectivity index (χ2n) is 5.77. The molecule has 0 spiro atoms. The fourth-order valence-electron chi connectivity index (χ4n) is 2.67. The molecule has 3 rings (SSSR count). The molecular weight excluding hydrogens is 367 g/mol. The highest BCUT2D eigenvalue weighted by molar-refractivity contribution is 6.30. The number of nitrogens with zero attached hydrogens (tertiary/aromatic N) is 2. The van der Waals surface area contributed by atoms with Gasteiger partial charge >= 0.3 is 6.18 Å². The van der Waals surface area contributed by atoms with Crippen molar-refractivity contribution in [2.24, 2.45) is 0 Å². The first-order valence-corrected chi connectivity index (χ1v) is 8.32. The highest BCUT2D eigenvalue weighted by Crippen LogP contribution is 2.30. The Kier molecular flexibility index (Phi) is 4.91. The molecule has 26 heavy (non-hydrogen) atoms. The topological polar surface area (TPSA) is 46.4 Å². The van der Waals surface area contributed by atoms with E-state index in [1.54, 1.807) is 24.3 Å². The molecule has 3 aromatic rings. The van der Waals surface area contributed by atoms with Gasteiger partial charge in [-0.25, -0.2) is 4.98 Å². The second-order valence-corrected chi connectivity index (χ2v) is 6.20. The lowest BCUT2D eigenvalue weighted by Crippen LogP contribution is -2.17. The predicted octanol–water partition coefficient (Wildman–Crippen LogP) is 5.21. The normalized spacial score (nSPS) is 11.7. The molecule has 1 aromatic carbocycles. The van der Waals surface area contributed by atoms with E-state index < -0.39 is 17.6 Å². The van der Waals surface area contributed by atoms with Crippen molar-refractivity contribution in [1.29, 1.82) is 0 Å². The van der Waals surface area contributed by atoms with Gasteiger partial charge in [0.25, 0.3) is 5.91 Å². The van der Waals surface area contributed by atoms with Gasteiger partial charge in [-0.1, -0.05) is 31.0 Å². The number of pyridine rings is 1. The van der Waals surface area contributed by atoms with Gasteiger partial charge in [-0.3, -0.25) is 9.20 Å². The van der Waals surface area contributed by atoms with Crippen molar-refractivity contribution in [3.8, 4) is 0 Å². The van der Waals surface area contributed by atoms with Crippen LogP contribution in [0.5, 0.6) is 0 Å². The summed E-state index contributed by atoms with van der Waals surface area (Å²) in [5.74, 6) is -0.539. The lowest BCUT2D eigenvalue weighted by Gasteiger charge is -2.10. The Balaban J connectivity index is 2.08. The molecule has 0 atom stereocenters. The number of alkyl halides is 3. The minimum Gasteiger partial charge on any atom is -0.321 e. The predicted molar refractivity (Wildman–Crippen MR) is 93.6 cm³/mol. The third-order valence-corrected chi connectivity index (χ3v) is 4.04. The largest absolute Gasteiger partial charge is 0.417 e. The molecule has 2 heterocycles. The van der Waals surface area contributed by atoms with Crippen LogP contribution in [0.25, 0.3) is 5.65 Å². The molecule has 0 saturated carbocycles. The van der Waals surface area contributed by atoms with Crippen LogP contribution in [0.4, 0.5) is 18.9 Å². The van der Waals surface area contributed by atoms with Crippen LogP contribution >= 0.6 is 11.6 Å². The summed E-state index contributed by atoms with van der Waals surface area (Å²) >= 11 is 5.91. The van der Waals surface area contributed by atoms with Crippen molar-refractivity contribution < 1.29 is 18.0 Å². The van der Waals surface area contributed by atoms with Crippen molar-refractivity contribution in [2.45, 2.75) is 25.9 Å². The van der Waals surface area contributed by atoms with Crippen LogP contribution in [0, 0.1) is 0 Å². The number of aryl methyl sites for hydroxylation is 1. The van der Waals surface area contributed by atoms with Gasteiger partial charge in [-0.2, -0.15) is 13.2 Å². The van der Waals surface area contributed by atoms with Crippen LogP contribution in [-0.2, 0) is 12.6 Å². The first kappa shape index (κ1) is 18.3. The third kappa shape index (κ3) is 3.67. The zero-order chi connectivity index (χ0) is 18.9. The molecular formula is C18H15ClF3N3O. The van der Waals surface area contributed by atoms with Gasteiger partial charge < -0.3 is 5.32 Å². The number of benzene rings is 1. The van der Waals surface area contributed by atoms with E-state index in [0.717, 1.165) is 12.3 Å². The molecule has 1 N–H and O–H groups in total. The third-order valence-electron chi connectivity index (χ3n) is 3.80. The van der Waals surface area contributed by atoms with E-state index in [1.807, 2.05) is 6.92 Å². The fourth-order valence-corrected chi connectivity index (χ4v) is 2.86. The van der Waals surface area contributed by atoms with Gasteiger partial charge in [-0.15, -0.1) is 0 Å². The highest BCUT2D eigenvalue weighted by Gasteiger charge is 2.32. The summed E-state index contributed by atoms with van der Waals surface area (Å²) < 4.78 is 40.3. The Hall–Kier alpha value is -2.54. The van der Waals surface area contributed by atoms with Gasteiger partial charge in [0.05, 0.1) is 11.3 Å². The quantitative estimate of drug-likeness (QED) is 0.674. The summed E-state index contributed by atoms with van der Waals surface area (Å²) in [7, 11) is 0. The summed E-state index contributed by atoms with van der Waals surface area (Å²) in [5.41, 5.74) is 0.436. The second kappa shape index (κ2) is 6.99. The highest BCUT2D eigenvalue weighted by atomic mass is 35.5. The number of aromatic nitrogens is 2. The SMILES string of the molecule is CCCc1nc2ccc(C(F)(F)F)cn2c1C(=O)Nc1cccc(Cl)c1. The maximum atomic E-state index is 13.0. The number of fused-ring (bicyclic) bond motifs is 1. The van der Waals surface area contributed by atoms with E-state index in [4.69, 9.17) is 11.6 Å². The Labute approximate surface area is 152 Å². The fraction of sp³-hybridized carbons (Fsp3) is 0.222. The standard InChI is InChI=1S/C18H15ClF3N3O/c1-2-4-14-16(17(26)23-13-6-3-5-12(19)9-13)25-10-11(18(20,21)22)7-8-15(25)24-14/h3,5-10H,2,4H2,1H3,(H,23,26). The van der Waals surface area contributed by atoms with Crippen molar-refractivity contribution in [3.63, 3.8) is 0 Å². The number of carbonyl (C=O) groups is 1. The lowest BCUT2D eigenvalue weighted by atomic mass is 10.2. The number of hydrogen-bond donors (Lipinski definition) is 1. The maximum absolute atomic E-state index is 13.0. The average molecular weight is 382 g/mol. The molecule has 0 unspecified atom stereocenters. The molecule has 8 heteroatoms. The number of hydrogen-bond acceptors (Lipinski definition) is 2. The molecule has 0 aliphatic rings. The molecule has 2 aromatic heterocycles. The first-order valence-electron chi connectivity index (χ1n) is 7.94. The minimum absolute atomic E-state index is 0.0907. The van der Waals surface area contributed by atoms with Crippen molar-refractivity contribution in [3.05, 3.63) is 64.6 Å². The van der Waals surface area contributed by atoms with Gasteiger partial charge in [0, 0.05) is 16.9 Å². The Bertz CT molecular complexity index is 966. The molecule has 0 fully saturated rings. The zero-order valence-corrected chi connectivity index (χ0v) is 14.5. The summed E-state index contributed by atoms with van der Waals surface area (Å²) in [5, 5.41) is 3.11. The van der Waals surface area contributed by atoms with Gasteiger partial charge in [0.15, 0.2) is 0 Å². The molecule has 0 radical (unpaired) electrons. The first-order chi connectivity index (χ1) is 12.3. The van der Waals surface area contributed by atoms with Crippen LogP contribution in [0.1, 0.15) is 35.1 Å². The number of imidazole rings is 1. The van der Waals surface area contributed by atoms with E-state index >= 15 is 0 Å². The zero-order valence-electron chi connectivity index (χ0n) is 13.8. The number of halogens is 4. The molecule has 0 aliphatic heterocycles. The Morgan fingerprint density at radius 1 is 1.27 bits per heavy atom. The molecule has 0 aliphatic carbocycles. The molecule has 0 bridgehead atoms. The Morgan fingerprint density at radius 2 is 2.04 bits per heavy atom. The van der Waals surface area contributed by atoms with Crippen molar-refractivity contribution in [2.75, 3.05) is 5.32 Å².